The normalized spacial score (nSPS) is 24.8. The molecule has 0 spiro atoms. The molecule has 1 aliphatic carbocycles. The van der Waals surface area contributed by atoms with Gasteiger partial charge in [0.1, 0.15) is 6.54 Å². The molecule has 0 bridgehead atoms. The molecule has 0 aromatic rings. The standard InChI is InChI=1S/C14H26N2O3/c1-3-10(2)16(9-13(17)18)14(19)12-7-5-4-6-11(12)8-15/h10-12H,3-9,15H2,1-2H3,(H,17,18). The van der Waals surface area contributed by atoms with Crippen LogP contribution >= 0.6 is 0 Å². The number of carbonyl (C=O) groups is 2. The molecule has 3 unspecified atom stereocenters. The predicted octanol–water partition coefficient (Wildman–Crippen LogP) is 1.46. The van der Waals surface area contributed by atoms with Gasteiger partial charge in [-0.05, 0) is 38.6 Å². The van der Waals surface area contributed by atoms with Crippen LogP contribution in [0, 0.1) is 11.8 Å². The van der Waals surface area contributed by atoms with Crippen LogP contribution in [0.1, 0.15) is 46.0 Å². The quantitative estimate of drug-likeness (QED) is 0.765. The molecule has 110 valence electrons. The first-order valence-corrected chi connectivity index (χ1v) is 7.23. The minimum absolute atomic E-state index is 0.0214. The molecule has 1 rings (SSSR count). The Morgan fingerprint density at radius 2 is 2.00 bits per heavy atom. The molecule has 19 heavy (non-hydrogen) atoms. The van der Waals surface area contributed by atoms with Gasteiger partial charge in [0.25, 0.3) is 0 Å². The number of carbonyl (C=O) groups excluding carboxylic acids is 1. The van der Waals surface area contributed by atoms with Crippen molar-refractivity contribution < 1.29 is 14.7 Å². The van der Waals surface area contributed by atoms with E-state index in [9.17, 15) is 9.59 Å². The largest absolute Gasteiger partial charge is 0.480 e. The van der Waals surface area contributed by atoms with Crippen molar-refractivity contribution in [2.75, 3.05) is 13.1 Å². The van der Waals surface area contributed by atoms with Gasteiger partial charge in [0.2, 0.25) is 5.91 Å². The highest BCUT2D eigenvalue weighted by Crippen LogP contribution is 2.31. The molecule has 5 nitrogen and oxygen atoms in total. The van der Waals surface area contributed by atoms with Crippen molar-refractivity contribution in [1.82, 2.24) is 4.90 Å². The second-order valence-corrected chi connectivity index (χ2v) is 5.50. The highest BCUT2D eigenvalue weighted by atomic mass is 16.4. The Hall–Kier alpha value is -1.10. The van der Waals surface area contributed by atoms with Gasteiger partial charge in [-0.25, -0.2) is 0 Å². The van der Waals surface area contributed by atoms with E-state index in [2.05, 4.69) is 0 Å². The fourth-order valence-electron chi connectivity index (χ4n) is 2.84. The highest BCUT2D eigenvalue weighted by molar-refractivity contribution is 5.83. The number of carboxylic acids is 1. The number of aliphatic carboxylic acids is 1. The Kier molecular flexibility index (Phi) is 6.28. The summed E-state index contributed by atoms with van der Waals surface area (Å²) in [7, 11) is 0. The lowest BCUT2D eigenvalue weighted by Gasteiger charge is -2.36. The summed E-state index contributed by atoms with van der Waals surface area (Å²) in [5, 5.41) is 8.98. The van der Waals surface area contributed by atoms with Gasteiger partial charge in [0.05, 0.1) is 0 Å². The lowest BCUT2D eigenvalue weighted by atomic mass is 9.78. The molecular weight excluding hydrogens is 244 g/mol. The predicted molar refractivity (Wildman–Crippen MR) is 73.6 cm³/mol. The van der Waals surface area contributed by atoms with Crippen LogP contribution in [0.15, 0.2) is 0 Å². The van der Waals surface area contributed by atoms with E-state index in [1.54, 1.807) is 0 Å². The summed E-state index contributed by atoms with van der Waals surface area (Å²) in [6.45, 7) is 4.18. The second kappa shape index (κ2) is 7.48. The molecule has 0 heterocycles. The number of amides is 1. The zero-order valence-electron chi connectivity index (χ0n) is 12.0. The van der Waals surface area contributed by atoms with E-state index in [-0.39, 0.29) is 30.3 Å². The van der Waals surface area contributed by atoms with Crippen LogP contribution < -0.4 is 5.73 Å². The van der Waals surface area contributed by atoms with Crippen LogP contribution in [-0.4, -0.2) is 41.0 Å². The maximum atomic E-state index is 12.6. The van der Waals surface area contributed by atoms with Crippen molar-refractivity contribution in [3.63, 3.8) is 0 Å². The van der Waals surface area contributed by atoms with Crippen molar-refractivity contribution in [2.24, 2.45) is 17.6 Å². The topological polar surface area (TPSA) is 83.6 Å². The maximum Gasteiger partial charge on any atom is 0.323 e. The van der Waals surface area contributed by atoms with Crippen molar-refractivity contribution in [3.8, 4) is 0 Å². The van der Waals surface area contributed by atoms with Gasteiger partial charge in [-0.1, -0.05) is 19.8 Å². The first-order chi connectivity index (χ1) is 9.01. The van der Waals surface area contributed by atoms with Gasteiger partial charge in [-0.3, -0.25) is 9.59 Å². The summed E-state index contributed by atoms with van der Waals surface area (Å²) in [6.07, 6.45) is 4.74. The molecule has 5 heteroatoms. The van der Waals surface area contributed by atoms with Crippen LogP contribution in [-0.2, 0) is 9.59 Å². The molecule has 0 aromatic heterocycles. The lowest BCUT2D eigenvalue weighted by Crippen LogP contribution is -2.48. The number of rotatable bonds is 6. The van der Waals surface area contributed by atoms with Crippen molar-refractivity contribution in [1.29, 1.82) is 0 Å². The Bertz CT molecular complexity index is 320. The average molecular weight is 270 g/mol. The monoisotopic (exact) mass is 270 g/mol. The molecule has 0 aromatic carbocycles. The van der Waals surface area contributed by atoms with Gasteiger partial charge in [-0.2, -0.15) is 0 Å². The Labute approximate surface area is 115 Å². The molecule has 0 radical (unpaired) electrons. The van der Waals surface area contributed by atoms with Crippen LogP contribution in [0.4, 0.5) is 0 Å². The molecular formula is C14H26N2O3. The van der Waals surface area contributed by atoms with E-state index in [1.807, 2.05) is 13.8 Å². The van der Waals surface area contributed by atoms with E-state index in [0.717, 1.165) is 32.1 Å². The first kappa shape index (κ1) is 16.0. The number of hydrogen-bond acceptors (Lipinski definition) is 3. The van der Waals surface area contributed by atoms with E-state index in [4.69, 9.17) is 10.8 Å². The third-order valence-electron chi connectivity index (χ3n) is 4.24. The van der Waals surface area contributed by atoms with Crippen LogP contribution in [0.25, 0.3) is 0 Å². The molecule has 1 aliphatic rings. The Balaban J connectivity index is 2.81. The third kappa shape index (κ3) is 4.20. The molecule has 1 fully saturated rings. The fourth-order valence-corrected chi connectivity index (χ4v) is 2.84. The zero-order chi connectivity index (χ0) is 14.4. The number of nitrogens with two attached hydrogens (primary N) is 1. The summed E-state index contributed by atoms with van der Waals surface area (Å²) in [5.41, 5.74) is 5.75. The van der Waals surface area contributed by atoms with Crippen molar-refractivity contribution in [3.05, 3.63) is 0 Å². The lowest BCUT2D eigenvalue weighted by molar-refractivity contribution is -0.149. The molecule has 0 saturated heterocycles. The molecule has 1 amide bonds. The van der Waals surface area contributed by atoms with E-state index in [0.29, 0.717) is 6.54 Å². The van der Waals surface area contributed by atoms with E-state index < -0.39 is 5.97 Å². The van der Waals surface area contributed by atoms with Gasteiger partial charge in [0.15, 0.2) is 0 Å². The van der Waals surface area contributed by atoms with Crippen molar-refractivity contribution >= 4 is 11.9 Å². The summed E-state index contributed by atoms with van der Waals surface area (Å²) in [4.78, 5) is 25.1. The zero-order valence-corrected chi connectivity index (χ0v) is 12.0. The van der Waals surface area contributed by atoms with E-state index >= 15 is 0 Å². The van der Waals surface area contributed by atoms with Crippen LogP contribution in [0.2, 0.25) is 0 Å². The summed E-state index contributed by atoms with van der Waals surface area (Å²) in [6, 6.07) is -0.0380. The number of nitrogens with zero attached hydrogens (tertiary/aromatic N) is 1. The summed E-state index contributed by atoms with van der Waals surface area (Å²) < 4.78 is 0. The minimum Gasteiger partial charge on any atom is -0.480 e. The molecule has 3 atom stereocenters. The van der Waals surface area contributed by atoms with Crippen molar-refractivity contribution in [2.45, 2.75) is 52.0 Å². The fraction of sp³-hybridized carbons (Fsp3) is 0.857. The smallest absolute Gasteiger partial charge is 0.323 e. The maximum absolute atomic E-state index is 12.6. The van der Waals surface area contributed by atoms with Gasteiger partial charge < -0.3 is 15.7 Å². The van der Waals surface area contributed by atoms with Gasteiger partial charge in [0, 0.05) is 12.0 Å². The number of hydrogen-bond donors (Lipinski definition) is 2. The van der Waals surface area contributed by atoms with Crippen LogP contribution in [0.3, 0.4) is 0 Å². The Morgan fingerprint density at radius 3 is 2.53 bits per heavy atom. The minimum atomic E-state index is -0.950. The first-order valence-electron chi connectivity index (χ1n) is 7.23. The summed E-state index contributed by atoms with van der Waals surface area (Å²) >= 11 is 0. The van der Waals surface area contributed by atoms with Gasteiger partial charge >= 0.3 is 5.97 Å². The molecule has 1 saturated carbocycles. The van der Waals surface area contributed by atoms with Gasteiger partial charge in [-0.15, -0.1) is 0 Å². The molecule has 3 N–H and O–H groups in total. The molecule has 0 aliphatic heterocycles. The Morgan fingerprint density at radius 1 is 1.37 bits per heavy atom. The highest BCUT2D eigenvalue weighted by Gasteiger charge is 2.34. The van der Waals surface area contributed by atoms with E-state index in [1.165, 1.54) is 4.90 Å². The van der Waals surface area contributed by atoms with Crippen LogP contribution in [0.5, 0.6) is 0 Å². The third-order valence-corrected chi connectivity index (χ3v) is 4.24. The SMILES string of the molecule is CCC(C)N(CC(=O)O)C(=O)C1CCCCC1CN. The average Bonchev–Trinajstić information content (AvgIpc) is 2.42. The number of carboxylic acid groups (broad SMARTS) is 1. The summed E-state index contributed by atoms with van der Waals surface area (Å²) in [5.74, 6) is -0.852. The second-order valence-electron chi connectivity index (χ2n) is 5.50.